The first-order chi connectivity index (χ1) is 16.3. The molecule has 0 bridgehead atoms. The Balaban J connectivity index is 1.47. The van der Waals surface area contributed by atoms with Gasteiger partial charge >= 0.3 is 0 Å². The summed E-state index contributed by atoms with van der Waals surface area (Å²) in [6.07, 6.45) is 0. The lowest BCUT2D eigenvalue weighted by atomic mass is 10.1. The molecule has 4 rings (SSSR count). The standard InChI is InChI=1S/C25H26N6O2S/c1-15-12-16(2)31-24(26-15)29-25(30-31)34-14-20-8-5-6-11-22(20)23(33)27-17(3)19-9-7-10-21(13-19)28-18(4)32/h5-13,17H,14H2,1-4H3,(H,27,33)(H,28,32). The molecule has 0 aliphatic rings. The number of fused-ring (bicyclic) bond motifs is 1. The van der Waals surface area contributed by atoms with Gasteiger partial charge in [-0.1, -0.05) is 42.1 Å². The van der Waals surface area contributed by atoms with Crippen LogP contribution in [0, 0.1) is 13.8 Å². The number of carbonyl (C=O) groups is 2. The van der Waals surface area contributed by atoms with Crippen LogP contribution in [0.25, 0.3) is 5.78 Å². The maximum atomic E-state index is 13.1. The van der Waals surface area contributed by atoms with Crippen molar-refractivity contribution in [2.45, 2.75) is 44.6 Å². The van der Waals surface area contributed by atoms with Crippen molar-refractivity contribution in [2.24, 2.45) is 0 Å². The molecule has 1 unspecified atom stereocenters. The monoisotopic (exact) mass is 474 g/mol. The van der Waals surface area contributed by atoms with Gasteiger partial charge in [-0.15, -0.1) is 5.10 Å². The molecule has 8 nitrogen and oxygen atoms in total. The van der Waals surface area contributed by atoms with Gasteiger partial charge in [0.15, 0.2) is 0 Å². The fraction of sp³-hybridized carbons (Fsp3) is 0.240. The van der Waals surface area contributed by atoms with Crippen LogP contribution in [0.5, 0.6) is 0 Å². The van der Waals surface area contributed by atoms with Crippen LogP contribution in [0.2, 0.25) is 0 Å². The van der Waals surface area contributed by atoms with Crippen LogP contribution in [-0.2, 0) is 10.5 Å². The molecule has 1 atom stereocenters. The van der Waals surface area contributed by atoms with Gasteiger partial charge in [-0.05, 0) is 56.2 Å². The molecule has 0 radical (unpaired) electrons. The minimum Gasteiger partial charge on any atom is -0.346 e. The zero-order valence-electron chi connectivity index (χ0n) is 19.5. The number of anilines is 1. The summed E-state index contributed by atoms with van der Waals surface area (Å²) in [5, 5.41) is 11.0. The Labute approximate surface area is 202 Å². The molecule has 2 amide bonds. The minimum atomic E-state index is -0.237. The van der Waals surface area contributed by atoms with Crippen LogP contribution < -0.4 is 10.6 Å². The second-order valence-corrected chi connectivity index (χ2v) is 9.04. The summed E-state index contributed by atoms with van der Waals surface area (Å²) in [4.78, 5) is 33.4. The molecule has 2 N–H and O–H groups in total. The first-order valence-corrected chi connectivity index (χ1v) is 11.9. The zero-order chi connectivity index (χ0) is 24.2. The van der Waals surface area contributed by atoms with E-state index in [0.29, 0.717) is 27.9 Å². The molecule has 2 heterocycles. The van der Waals surface area contributed by atoms with E-state index >= 15 is 0 Å². The Morgan fingerprint density at radius 3 is 2.65 bits per heavy atom. The smallest absolute Gasteiger partial charge is 0.253 e. The molecule has 2 aromatic carbocycles. The summed E-state index contributed by atoms with van der Waals surface area (Å²) in [5.41, 5.74) is 4.96. The van der Waals surface area contributed by atoms with E-state index in [0.717, 1.165) is 22.5 Å². The number of nitrogens with one attached hydrogen (secondary N) is 2. The molecule has 0 spiro atoms. The van der Waals surface area contributed by atoms with Crippen molar-refractivity contribution in [2.75, 3.05) is 5.32 Å². The third-order valence-corrected chi connectivity index (χ3v) is 6.16. The second kappa shape index (κ2) is 10.0. The summed E-state index contributed by atoms with van der Waals surface area (Å²) >= 11 is 1.47. The van der Waals surface area contributed by atoms with E-state index in [-0.39, 0.29) is 17.9 Å². The van der Waals surface area contributed by atoms with E-state index in [2.05, 4.69) is 25.7 Å². The number of amides is 2. The second-order valence-electron chi connectivity index (χ2n) is 8.09. The molecular formula is C25H26N6O2S. The van der Waals surface area contributed by atoms with Crippen molar-refractivity contribution in [3.63, 3.8) is 0 Å². The number of thioether (sulfide) groups is 1. The Kier molecular flexibility index (Phi) is 6.93. The Hall–Kier alpha value is -3.72. The number of aromatic nitrogens is 4. The first-order valence-electron chi connectivity index (χ1n) is 10.9. The van der Waals surface area contributed by atoms with Gasteiger partial charge in [0, 0.05) is 35.3 Å². The molecule has 9 heteroatoms. The quantitative estimate of drug-likeness (QED) is 0.383. The van der Waals surface area contributed by atoms with Crippen molar-refractivity contribution in [3.8, 4) is 0 Å². The van der Waals surface area contributed by atoms with Crippen molar-refractivity contribution in [1.82, 2.24) is 24.9 Å². The predicted molar refractivity (Wildman–Crippen MR) is 133 cm³/mol. The van der Waals surface area contributed by atoms with Crippen LogP contribution in [0.1, 0.15) is 52.8 Å². The van der Waals surface area contributed by atoms with E-state index in [4.69, 9.17) is 0 Å². The number of carbonyl (C=O) groups excluding carboxylic acids is 2. The predicted octanol–water partition coefficient (Wildman–Crippen LogP) is 4.48. The van der Waals surface area contributed by atoms with Crippen molar-refractivity contribution in [1.29, 1.82) is 0 Å². The third kappa shape index (κ3) is 5.43. The molecule has 0 aliphatic heterocycles. The number of nitrogens with zero attached hydrogens (tertiary/aromatic N) is 4. The fourth-order valence-corrected chi connectivity index (χ4v) is 4.49. The molecule has 0 fully saturated rings. The van der Waals surface area contributed by atoms with Gasteiger partial charge in [-0.25, -0.2) is 9.50 Å². The zero-order valence-corrected chi connectivity index (χ0v) is 20.3. The summed E-state index contributed by atoms with van der Waals surface area (Å²) < 4.78 is 1.73. The van der Waals surface area contributed by atoms with Crippen molar-refractivity contribution < 1.29 is 9.59 Å². The van der Waals surface area contributed by atoms with Gasteiger partial charge in [0.05, 0.1) is 6.04 Å². The third-order valence-electron chi connectivity index (χ3n) is 5.27. The molecular weight excluding hydrogens is 448 g/mol. The first kappa shape index (κ1) is 23.4. The van der Waals surface area contributed by atoms with Gasteiger partial charge < -0.3 is 10.6 Å². The lowest BCUT2D eigenvalue weighted by molar-refractivity contribution is -0.114. The van der Waals surface area contributed by atoms with E-state index in [1.165, 1.54) is 18.7 Å². The molecule has 0 aliphatic carbocycles. The minimum absolute atomic E-state index is 0.138. The number of aryl methyl sites for hydroxylation is 2. The summed E-state index contributed by atoms with van der Waals surface area (Å²) in [7, 11) is 0. The highest BCUT2D eigenvalue weighted by atomic mass is 32.2. The van der Waals surface area contributed by atoms with E-state index in [1.54, 1.807) is 4.52 Å². The number of rotatable bonds is 7. The van der Waals surface area contributed by atoms with Crippen LogP contribution in [-0.4, -0.2) is 31.4 Å². The maximum Gasteiger partial charge on any atom is 0.253 e. The molecule has 0 saturated carbocycles. The highest BCUT2D eigenvalue weighted by Crippen LogP contribution is 2.24. The van der Waals surface area contributed by atoms with Crippen LogP contribution in [0.3, 0.4) is 0 Å². The van der Waals surface area contributed by atoms with Gasteiger partial charge in [-0.3, -0.25) is 9.59 Å². The number of hydrogen-bond acceptors (Lipinski definition) is 6. The molecule has 2 aromatic heterocycles. The van der Waals surface area contributed by atoms with E-state index < -0.39 is 0 Å². The van der Waals surface area contributed by atoms with Crippen LogP contribution in [0.15, 0.2) is 59.8 Å². The largest absolute Gasteiger partial charge is 0.346 e. The van der Waals surface area contributed by atoms with Gasteiger partial charge in [0.2, 0.25) is 11.1 Å². The van der Waals surface area contributed by atoms with Crippen LogP contribution >= 0.6 is 11.8 Å². The molecule has 34 heavy (non-hydrogen) atoms. The summed E-state index contributed by atoms with van der Waals surface area (Å²) in [6.45, 7) is 7.28. The average Bonchev–Trinajstić information content (AvgIpc) is 3.21. The Morgan fingerprint density at radius 2 is 1.85 bits per heavy atom. The normalized spacial score (nSPS) is 11.9. The van der Waals surface area contributed by atoms with Gasteiger partial charge in [-0.2, -0.15) is 4.98 Å². The Bertz CT molecular complexity index is 1370. The topological polar surface area (TPSA) is 101 Å². The highest BCUT2D eigenvalue weighted by molar-refractivity contribution is 7.98. The van der Waals surface area contributed by atoms with Gasteiger partial charge in [0.25, 0.3) is 11.7 Å². The molecule has 174 valence electrons. The van der Waals surface area contributed by atoms with Crippen molar-refractivity contribution in [3.05, 3.63) is 82.7 Å². The SMILES string of the molecule is CC(=O)Nc1cccc(C(C)NC(=O)c2ccccc2CSc2nc3nc(C)cc(C)n3n2)c1. The fourth-order valence-electron chi connectivity index (χ4n) is 3.67. The van der Waals surface area contributed by atoms with E-state index in [9.17, 15) is 9.59 Å². The average molecular weight is 475 g/mol. The lowest BCUT2D eigenvalue weighted by Gasteiger charge is -2.17. The van der Waals surface area contributed by atoms with Crippen molar-refractivity contribution >= 4 is 35.0 Å². The Morgan fingerprint density at radius 1 is 1.06 bits per heavy atom. The highest BCUT2D eigenvalue weighted by Gasteiger charge is 2.16. The summed E-state index contributed by atoms with van der Waals surface area (Å²) in [5.74, 6) is 0.817. The molecule has 4 aromatic rings. The lowest BCUT2D eigenvalue weighted by Crippen LogP contribution is -2.27. The molecule has 0 saturated heterocycles. The number of hydrogen-bond donors (Lipinski definition) is 2. The summed E-state index contributed by atoms with van der Waals surface area (Å²) in [6, 6.07) is 16.7. The van der Waals surface area contributed by atoms with Gasteiger partial charge in [0.1, 0.15) is 0 Å². The van der Waals surface area contributed by atoms with E-state index in [1.807, 2.05) is 75.4 Å². The van der Waals surface area contributed by atoms with Crippen LogP contribution in [0.4, 0.5) is 5.69 Å². The maximum absolute atomic E-state index is 13.1. The number of benzene rings is 2.